The SMILES string of the molecule is CCCCCCC1Oc2ccccc2C(=O)C1C(CC#N)c1ccccc1. The molecule has 0 radical (unpaired) electrons. The number of carbonyl (C=O) groups is 1. The van der Waals surface area contributed by atoms with Crippen molar-refractivity contribution in [1.29, 1.82) is 5.26 Å². The van der Waals surface area contributed by atoms with Gasteiger partial charge in [-0.25, -0.2) is 0 Å². The van der Waals surface area contributed by atoms with Crippen molar-refractivity contribution in [2.75, 3.05) is 0 Å². The number of carbonyl (C=O) groups excluding carboxylic acids is 1. The summed E-state index contributed by atoms with van der Waals surface area (Å²) in [6.45, 7) is 2.19. The van der Waals surface area contributed by atoms with E-state index < -0.39 is 0 Å². The molecule has 3 rings (SSSR count). The number of para-hydroxylation sites is 1. The van der Waals surface area contributed by atoms with Crippen LogP contribution in [-0.2, 0) is 0 Å². The maximum atomic E-state index is 13.4. The number of nitrogens with zero attached hydrogens (tertiary/aromatic N) is 1. The van der Waals surface area contributed by atoms with Crippen LogP contribution >= 0.6 is 0 Å². The number of rotatable bonds is 8. The van der Waals surface area contributed by atoms with Gasteiger partial charge in [0.15, 0.2) is 5.78 Å². The minimum atomic E-state index is -0.316. The lowest BCUT2D eigenvalue weighted by Gasteiger charge is -2.37. The number of nitriles is 1. The summed E-state index contributed by atoms with van der Waals surface area (Å²) in [5.41, 5.74) is 1.69. The van der Waals surface area contributed by atoms with E-state index in [0.29, 0.717) is 17.7 Å². The van der Waals surface area contributed by atoms with Crippen LogP contribution in [0.3, 0.4) is 0 Å². The molecule has 0 saturated heterocycles. The van der Waals surface area contributed by atoms with E-state index in [2.05, 4.69) is 13.0 Å². The molecule has 0 aromatic heterocycles. The fraction of sp³-hybridized carbons (Fsp3) is 0.417. The summed E-state index contributed by atoms with van der Waals surface area (Å²) in [6, 6.07) is 19.7. The predicted molar refractivity (Wildman–Crippen MR) is 107 cm³/mol. The molecule has 1 aliphatic rings. The van der Waals surface area contributed by atoms with E-state index in [9.17, 15) is 10.1 Å². The Morgan fingerprint density at radius 3 is 2.52 bits per heavy atom. The second-order valence-corrected chi connectivity index (χ2v) is 7.27. The number of fused-ring (bicyclic) bond motifs is 1. The molecule has 3 unspecified atom stereocenters. The molecule has 3 atom stereocenters. The van der Waals surface area contributed by atoms with Crippen LogP contribution in [0.1, 0.15) is 67.3 Å². The van der Waals surface area contributed by atoms with Crippen LogP contribution in [0.4, 0.5) is 0 Å². The minimum absolute atomic E-state index is 0.112. The van der Waals surface area contributed by atoms with Crippen LogP contribution in [0.15, 0.2) is 54.6 Å². The second kappa shape index (κ2) is 9.37. The quantitative estimate of drug-likeness (QED) is 0.549. The van der Waals surface area contributed by atoms with E-state index in [1.165, 1.54) is 12.8 Å². The summed E-state index contributed by atoms with van der Waals surface area (Å²) in [5, 5.41) is 9.44. The van der Waals surface area contributed by atoms with Crippen molar-refractivity contribution in [3.05, 3.63) is 65.7 Å². The average Bonchev–Trinajstić information content (AvgIpc) is 2.71. The number of Topliss-reactive ketones (excluding diaryl/α,β-unsaturated/α-hetero) is 1. The topological polar surface area (TPSA) is 50.1 Å². The second-order valence-electron chi connectivity index (χ2n) is 7.27. The number of ether oxygens (including phenoxy) is 1. The molecule has 0 N–H and O–H groups in total. The standard InChI is InChI=1S/C24H27NO2/c1-2-3-4-8-15-22-23(19(16-17-25)18-11-6-5-7-12-18)24(26)20-13-9-10-14-21(20)27-22/h5-7,9-14,19,22-23H,2-4,8,15-16H2,1H3. The molecule has 1 aliphatic heterocycles. The molecule has 3 heteroatoms. The van der Waals surface area contributed by atoms with Gasteiger partial charge in [-0.15, -0.1) is 0 Å². The van der Waals surface area contributed by atoms with Crippen molar-refractivity contribution in [3.63, 3.8) is 0 Å². The molecule has 0 bridgehead atoms. The lowest BCUT2D eigenvalue weighted by atomic mass is 9.74. The van der Waals surface area contributed by atoms with Gasteiger partial charge in [0.05, 0.1) is 17.6 Å². The maximum absolute atomic E-state index is 13.4. The molecule has 0 saturated carbocycles. The summed E-state index contributed by atoms with van der Waals surface area (Å²) in [4.78, 5) is 13.4. The van der Waals surface area contributed by atoms with Crippen LogP contribution in [0, 0.1) is 17.2 Å². The van der Waals surface area contributed by atoms with Crippen molar-refractivity contribution in [1.82, 2.24) is 0 Å². The molecule has 0 amide bonds. The third-order valence-electron chi connectivity index (χ3n) is 5.45. The summed E-state index contributed by atoms with van der Waals surface area (Å²) >= 11 is 0. The van der Waals surface area contributed by atoms with Gasteiger partial charge in [-0.1, -0.05) is 68.7 Å². The molecule has 140 valence electrons. The van der Waals surface area contributed by atoms with Crippen LogP contribution in [0.25, 0.3) is 0 Å². The summed E-state index contributed by atoms with van der Waals surface area (Å²) < 4.78 is 6.31. The van der Waals surface area contributed by atoms with E-state index in [4.69, 9.17) is 4.74 Å². The van der Waals surface area contributed by atoms with Crippen LogP contribution < -0.4 is 4.74 Å². The third kappa shape index (κ3) is 4.39. The Balaban J connectivity index is 1.93. The zero-order valence-corrected chi connectivity index (χ0v) is 15.9. The van der Waals surface area contributed by atoms with Gasteiger partial charge in [0.25, 0.3) is 0 Å². The van der Waals surface area contributed by atoms with Gasteiger partial charge < -0.3 is 4.74 Å². The molecular formula is C24H27NO2. The number of hydrogen-bond donors (Lipinski definition) is 0. The largest absolute Gasteiger partial charge is 0.489 e. The van der Waals surface area contributed by atoms with E-state index in [0.717, 1.165) is 24.8 Å². The van der Waals surface area contributed by atoms with Crippen LogP contribution in [0.2, 0.25) is 0 Å². The predicted octanol–water partition coefficient (Wildman–Crippen LogP) is 5.91. The first-order valence-corrected chi connectivity index (χ1v) is 9.98. The summed E-state index contributed by atoms with van der Waals surface area (Å²) in [7, 11) is 0. The van der Waals surface area contributed by atoms with Gasteiger partial charge in [0, 0.05) is 12.3 Å². The van der Waals surface area contributed by atoms with Gasteiger partial charge >= 0.3 is 0 Å². The van der Waals surface area contributed by atoms with E-state index in [1.807, 2.05) is 54.6 Å². The smallest absolute Gasteiger partial charge is 0.174 e. The first-order chi connectivity index (χ1) is 13.3. The highest BCUT2D eigenvalue weighted by Gasteiger charge is 2.42. The lowest BCUT2D eigenvalue weighted by Crippen LogP contribution is -2.41. The average molecular weight is 361 g/mol. The Kier molecular flexibility index (Phi) is 6.65. The highest BCUT2D eigenvalue weighted by Crippen LogP contribution is 2.41. The maximum Gasteiger partial charge on any atom is 0.174 e. The van der Waals surface area contributed by atoms with Crippen molar-refractivity contribution in [2.45, 2.75) is 57.5 Å². The van der Waals surface area contributed by atoms with Gasteiger partial charge in [-0.2, -0.15) is 5.26 Å². The fourth-order valence-electron chi connectivity index (χ4n) is 4.06. The zero-order valence-electron chi connectivity index (χ0n) is 15.9. The number of ketones is 1. The van der Waals surface area contributed by atoms with Gasteiger partial charge in [0.1, 0.15) is 11.9 Å². The lowest BCUT2D eigenvalue weighted by molar-refractivity contribution is 0.0565. The van der Waals surface area contributed by atoms with E-state index >= 15 is 0 Å². The molecule has 0 spiro atoms. The van der Waals surface area contributed by atoms with Crippen molar-refractivity contribution in [2.24, 2.45) is 5.92 Å². The normalized spacial score (nSPS) is 19.6. The highest BCUT2D eigenvalue weighted by atomic mass is 16.5. The molecule has 1 heterocycles. The minimum Gasteiger partial charge on any atom is -0.489 e. The molecule has 27 heavy (non-hydrogen) atoms. The summed E-state index contributed by atoms with van der Waals surface area (Å²) in [6.07, 6.45) is 5.55. The Bertz CT molecular complexity index is 794. The van der Waals surface area contributed by atoms with Crippen molar-refractivity contribution in [3.8, 4) is 11.8 Å². The molecule has 0 aliphatic carbocycles. The van der Waals surface area contributed by atoms with Crippen LogP contribution in [0.5, 0.6) is 5.75 Å². The molecule has 2 aromatic carbocycles. The molecular weight excluding hydrogens is 334 g/mol. The third-order valence-corrected chi connectivity index (χ3v) is 5.45. The Morgan fingerprint density at radius 1 is 1.04 bits per heavy atom. The van der Waals surface area contributed by atoms with Crippen LogP contribution in [-0.4, -0.2) is 11.9 Å². The first-order valence-electron chi connectivity index (χ1n) is 9.98. The number of benzene rings is 2. The van der Waals surface area contributed by atoms with E-state index in [1.54, 1.807) is 0 Å². The number of unbranched alkanes of at least 4 members (excludes halogenated alkanes) is 3. The van der Waals surface area contributed by atoms with Gasteiger partial charge in [-0.3, -0.25) is 4.79 Å². The highest BCUT2D eigenvalue weighted by molar-refractivity contribution is 6.02. The zero-order chi connectivity index (χ0) is 19.1. The van der Waals surface area contributed by atoms with Gasteiger partial charge in [-0.05, 0) is 30.5 Å². The Hall–Kier alpha value is -2.60. The summed E-state index contributed by atoms with van der Waals surface area (Å²) in [5.74, 6) is 0.335. The fourth-order valence-corrected chi connectivity index (χ4v) is 4.06. The molecule has 3 nitrogen and oxygen atoms in total. The van der Waals surface area contributed by atoms with Gasteiger partial charge in [0.2, 0.25) is 0 Å². The van der Waals surface area contributed by atoms with Crippen molar-refractivity contribution >= 4 is 5.78 Å². The Labute approximate surface area is 162 Å². The molecule has 2 aromatic rings. The van der Waals surface area contributed by atoms with E-state index in [-0.39, 0.29) is 23.7 Å². The monoisotopic (exact) mass is 361 g/mol. The molecule has 0 fully saturated rings. The Morgan fingerprint density at radius 2 is 1.78 bits per heavy atom. The van der Waals surface area contributed by atoms with Crippen molar-refractivity contribution < 1.29 is 9.53 Å². The number of hydrogen-bond acceptors (Lipinski definition) is 3. The first kappa shape index (κ1) is 19.2.